The lowest BCUT2D eigenvalue weighted by atomic mass is 10.1. The van der Waals surface area contributed by atoms with Crippen LogP contribution in [0.1, 0.15) is 20.7 Å². The summed E-state index contributed by atoms with van der Waals surface area (Å²) in [5.74, 6) is -0.981. The van der Waals surface area contributed by atoms with Crippen molar-refractivity contribution in [2.45, 2.75) is 0 Å². The normalized spacial score (nSPS) is 10.1. The first kappa shape index (κ1) is 22.3. The van der Waals surface area contributed by atoms with E-state index in [1.807, 2.05) is 6.07 Å². The molecule has 0 heterocycles. The highest BCUT2D eigenvalue weighted by molar-refractivity contribution is 9.10. The number of benzene rings is 3. The van der Waals surface area contributed by atoms with Gasteiger partial charge in [0, 0.05) is 21.3 Å². The van der Waals surface area contributed by atoms with Crippen molar-refractivity contribution in [2.24, 2.45) is 0 Å². The van der Waals surface area contributed by atoms with Gasteiger partial charge in [-0.25, -0.2) is 0 Å². The molecule has 0 aliphatic heterocycles. The Hall–Kier alpha value is -3.36. The summed E-state index contributed by atoms with van der Waals surface area (Å²) in [6, 6.07) is 20.0. The number of rotatable bonds is 6. The first-order chi connectivity index (χ1) is 14.9. The third kappa shape index (κ3) is 6.56. The molecular formula is C22H17BrClN3O4. The van der Waals surface area contributed by atoms with Gasteiger partial charge >= 0.3 is 0 Å². The first-order valence-electron chi connectivity index (χ1n) is 9.06. The number of carbonyl (C=O) groups is 3. The minimum Gasteiger partial charge on any atom is -0.482 e. The highest BCUT2D eigenvalue weighted by atomic mass is 79.9. The Bertz CT molecular complexity index is 1090. The lowest BCUT2D eigenvalue weighted by Gasteiger charge is -2.10. The van der Waals surface area contributed by atoms with Gasteiger partial charge in [-0.15, -0.1) is 0 Å². The van der Waals surface area contributed by atoms with E-state index in [9.17, 15) is 14.4 Å². The highest BCUT2D eigenvalue weighted by Gasteiger charge is 2.10. The molecule has 0 fully saturated rings. The van der Waals surface area contributed by atoms with E-state index in [0.29, 0.717) is 27.6 Å². The maximum atomic E-state index is 12.2. The summed E-state index contributed by atoms with van der Waals surface area (Å²) in [4.78, 5) is 36.2. The van der Waals surface area contributed by atoms with Crippen LogP contribution in [0.25, 0.3) is 0 Å². The maximum absolute atomic E-state index is 12.2. The number of hydrogen-bond donors (Lipinski definition) is 3. The summed E-state index contributed by atoms with van der Waals surface area (Å²) in [5.41, 5.74) is 5.93. The number of hydrazine groups is 1. The third-order valence-electron chi connectivity index (χ3n) is 4.01. The summed E-state index contributed by atoms with van der Waals surface area (Å²) in [5, 5.41) is 3.10. The van der Waals surface area contributed by atoms with Crippen LogP contribution in [0.2, 0.25) is 5.02 Å². The Labute approximate surface area is 191 Å². The molecule has 3 N–H and O–H groups in total. The fourth-order valence-electron chi connectivity index (χ4n) is 2.47. The zero-order valence-electron chi connectivity index (χ0n) is 16.0. The molecule has 0 spiro atoms. The summed E-state index contributed by atoms with van der Waals surface area (Å²) in [6.45, 7) is -0.327. The second-order valence-electron chi connectivity index (χ2n) is 6.26. The van der Waals surface area contributed by atoms with Crippen LogP contribution in [0, 0.1) is 0 Å². The number of anilines is 1. The minimum absolute atomic E-state index is 0.254. The summed E-state index contributed by atoms with van der Waals surface area (Å²) in [6.07, 6.45) is 0. The third-order valence-corrected chi connectivity index (χ3v) is 4.80. The highest BCUT2D eigenvalue weighted by Crippen LogP contribution is 2.27. The van der Waals surface area contributed by atoms with Gasteiger partial charge in [0.15, 0.2) is 6.61 Å². The van der Waals surface area contributed by atoms with Gasteiger partial charge in [0.05, 0.1) is 5.02 Å². The summed E-state index contributed by atoms with van der Waals surface area (Å²) in [7, 11) is 0. The molecule has 9 heteroatoms. The fraction of sp³-hybridized carbons (Fsp3) is 0.0455. The molecule has 3 amide bonds. The number of halogens is 2. The van der Waals surface area contributed by atoms with Crippen molar-refractivity contribution >= 4 is 50.9 Å². The topological polar surface area (TPSA) is 96.5 Å². The Morgan fingerprint density at radius 2 is 1.52 bits per heavy atom. The molecule has 31 heavy (non-hydrogen) atoms. The fourth-order valence-corrected chi connectivity index (χ4v) is 3.20. The first-order valence-corrected chi connectivity index (χ1v) is 10.2. The van der Waals surface area contributed by atoms with E-state index in [0.717, 1.165) is 4.47 Å². The Morgan fingerprint density at radius 1 is 0.839 bits per heavy atom. The summed E-state index contributed by atoms with van der Waals surface area (Å²) < 4.78 is 6.11. The van der Waals surface area contributed by atoms with E-state index in [2.05, 4.69) is 32.1 Å². The number of carbonyl (C=O) groups excluding carboxylic acids is 3. The molecule has 158 valence electrons. The number of amides is 3. The van der Waals surface area contributed by atoms with Crippen LogP contribution in [0.15, 0.2) is 77.3 Å². The molecule has 0 atom stereocenters. The molecule has 0 radical (unpaired) electrons. The lowest BCUT2D eigenvalue weighted by Crippen LogP contribution is -2.43. The van der Waals surface area contributed by atoms with Crippen LogP contribution in [0.3, 0.4) is 0 Å². The van der Waals surface area contributed by atoms with E-state index >= 15 is 0 Å². The van der Waals surface area contributed by atoms with Gasteiger partial charge in [-0.3, -0.25) is 25.2 Å². The van der Waals surface area contributed by atoms with Crippen LogP contribution >= 0.6 is 27.5 Å². The van der Waals surface area contributed by atoms with Gasteiger partial charge in [-0.1, -0.05) is 45.7 Å². The maximum Gasteiger partial charge on any atom is 0.276 e. The molecule has 0 aromatic heterocycles. The SMILES string of the molecule is O=C(COc1ccc(Br)cc1Cl)NNC(=O)c1ccc(NC(=O)c2ccccc2)cc1. The molecule has 0 aliphatic carbocycles. The smallest absolute Gasteiger partial charge is 0.276 e. The zero-order chi connectivity index (χ0) is 22.2. The van der Waals surface area contributed by atoms with E-state index in [1.165, 1.54) is 12.1 Å². The van der Waals surface area contributed by atoms with Gasteiger partial charge in [0.25, 0.3) is 17.7 Å². The lowest BCUT2D eigenvalue weighted by molar-refractivity contribution is -0.123. The van der Waals surface area contributed by atoms with Crippen LogP contribution in [0.4, 0.5) is 5.69 Å². The van der Waals surface area contributed by atoms with Gasteiger partial charge < -0.3 is 10.1 Å². The van der Waals surface area contributed by atoms with Gasteiger partial charge in [-0.05, 0) is 54.6 Å². The average Bonchev–Trinajstić information content (AvgIpc) is 2.78. The van der Waals surface area contributed by atoms with Crippen molar-refractivity contribution in [1.82, 2.24) is 10.9 Å². The van der Waals surface area contributed by atoms with Crippen molar-refractivity contribution in [3.63, 3.8) is 0 Å². The van der Waals surface area contributed by atoms with E-state index in [1.54, 1.807) is 54.6 Å². The van der Waals surface area contributed by atoms with Crippen LogP contribution in [0.5, 0.6) is 5.75 Å². The van der Waals surface area contributed by atoms with Crippen molar-refractivity contribution in [2.75, 3.05) is 11.9 Å². The predicted octanol–water partition coefficient (Wildman–Crippen LogP) is 4.19. The van der Waals surface area contributed by atoms with Crippen molar-refractivity contribution in [3.8, 4) is 5.75 Å². The quantitative estimate of drug-likeness (QED) is 0.440. The van der Waals surface area contributed by atoms with Crippen molar-refractivity contribution in [1.29, 1.82) is 0 Å². The summed E-state index contributed by atoms with van der Waals surface area (Å²) >= 11 is 9.30. The molecule has 0 aliphatic rings. The monoisotopic (exact) mass is 501 g/mol. The van der Waals surface area contributed by atoms with Crippen molar-refractivity contribution < 1.29 is 19.1 Å². The second kappa shape index (κ2) is 10.6. The number of ether oxygens (including phenoxy) is 1. The van der Waals surface area contributed by atoms with Crippen molar-refractivity contribution in [3.05, 3.63) is 93.4 Å². The average molecular weight is 503 g/mol. The molecule has 7 nitrogen and oxygen atoms in total. The van der Waals surface area contributed by atoms with Gasteiger partial charge in [0.2, 0.25) is 0 Å². The standard InChI is InChI=1S/C22H17BrClN3O4/c23-16-8-11-19(18(24)12-16)31-13-20(28)26-27-22(30)15-6-9-17(10-7-15)25-21(29)14-4-2-1-3-5-14/h1-12H,13H2,(H,25,29)(H,26,28)(H,27,30). The van der Waals surface area contributed by atoms with Crippen LogP contribution in [-0.4, -0.2) is 24.3 Å². The molecule has 0 bridgehead atoms. The molecule has 0 unspecified atom stereocenters. The van der Waals surface area contributed by atoms with Gasteiger partial charge in [-0.2, -0.15) is 0 Å². The zero-order valence-corrected chi connectivity index (χ0v) is 18.4. The van der Waals surface area contributed by atoms with E-state index < -0.39 is 11.8 Å². The molecule has 3 aromatic carbocycles. The van der Waals surface area contributed by atoms with Gasteiger partial charge in [0.1, 0.15) is 5.75 Å². The minimum atomic E-state index is -0.556. The molecule has 0 saturated heterocycles. The Kier molecular flexibility index (Phi) is 7.64. The molecule has 3 rings (SSSR count). The number of nitrogens with one attached hydrogen (secondary N) is 3. The predicted molar refractivity (Wildman–Crippen MR) is 121 cm³/mol. The van der Waals surface area contributed by atoms with Crippen LogP contribution < -0.4 is 20.9 Å². The number of hydrogen-bond acceptors (Lipinski definition) is 4. The molecule has 3 aromatic rings. The van der Waals surface area contributed by atoms with E-state index in [4.69, 9.17) is 16.3 Å². The Morgan fingerprint density at radius 3 is 2.19 bits per heavy atom. The largest absolute Gasteiger partial charge is 0.482 e. The second-order valence-corrected chi connectivity index (χ2v) is 7.59. The molecular weight excluding hydrogens is 486 g/mol. The Balaban J connectivity index is 1.46. The van der Waals surface area contributed by atoms with E-state index in [-0.39, 0.29) is 12.5 Å². The molecule has 0 saturated carbocycles. The van der Waals surface area contributed by atoms with Crippen LogP contribution in [-0.2, 0) is 4.79 Å².